The fourth-order valence-corrected chi connectivity index (χ4v) is 2.73. The van der Waals surface area contributed by atoms with Crippen LogP contribution in [0.2, 0.25) is 0 Å². The highest BCUT2D eigenvalue weighted by atomic mass is 79.9. The standard InChI is InChI=1S/C17H20BrNO2/c1-4-19(14-7-5-12(2)6-8-14)11-13-9-15(18)17(20)16(10-13)21-3/h5-10,20H,4,11H2,1-3H3. The molecule has 0 radical (unpaired) electrons. The van der Waals surface area contributed by atoms with Gasteiger partial charge < -0.3 is 14.7 Å². The molecule has 0 aliphatic carbocycles. The molecule has 0 spiro atoms. The lowest BCUT2D eigenvalue weighted by atomic mass is 10.1. The van der Waals surface area contributed by atoms with E-state index in [1.807, 2.05) is 12.1 Å². The van der Waals surface area contributed by atoms with Crippen molar-refractivity contribution < 1.29 is 9.84 Å². The third-order valence-electron chi connectivity index (χ3n) is 3.46. The Hall–Kier alpha value is -1.68. The number of rotatable bonds is 5. The Balaban J connectivity index is 2.26. The molecule has 0 aromatic heterocycles. The molecule has 112 valence electrons. The maximum Gasteiger partial charge on any atom is 0.172 e. The van der Waals surface area contributed by atoms with Crippen molar-refractivity contribution in [2.45, 2.75) is 20.4 Å². The van der Waals surface area contributed by atoms with Crippen molar-refractivity contribution in [1.29, 1.82) is 0 Å². The summed E-state index contributed by atoms with van der Waals surface area (Å²) >= 11 is 3.37. The van der Waals surface area contributed by atoms with Crippen LogP contribution in [-0.2, 0) is 6.54 Å². The average Bonchev–Trinajstić information content (AvgIpc) is 2.49. The van der Waals surface area contributed by atoms with Gasteiger partial charge >= 0.3 is 0 Å². The highest BCUT2D eigenvalue weighted by Crippen LogP contribution is 2.35. The molecular weight excluding hydrogens is 330 g/mol. The first-order valence-electron chi connectivity index (χ1n) is 6.92. The second-order valence-electron chi connectivity index (χ2n) is 4.98. The third kappa shape index (κ3) is 3.70. The molecule has 4 heteroatoms. The zero-order chi connectivity index (χ0) is 15.4. The fraction of sp³-hybridized carbons (Fsp3) is 0.294. The van der Waals surface area contributed by atoms with Crippen LogP contribution >= 0.6 is 15.9 Å². The number of aryl methyl sites for hydroxylation is 1. The van der Waals surface area contributed by atoms with E-state index in [0.29, 0.717) is 10.2 Å². The first-order valence-corrected chi connectivity index (χ1v) is 7.71. The minimum Gasteiger partial charge on any atom is -0.503 e. The van der Waals surface area contributed by atoms with Gasteiger partial charge in [0.1, 0.15) is 0 Å². The summed E-state index contributed by atoms with van der Waals surface area (Å²) < 4.78 is 5.85. The molecule has 3 nitrogen and oxygen atoms in total. The van der Waals surface area contributed by atoms with E-state index in [2.05, 4.69) is 58.9 Å². The van der Waals surface area contributed by atoms with E-state index in [-0.39, 0.29) is 5.75 Å². The van der Waals surface area contributed by atoms with Gasteiger partial charge in [0.25, 0.3) is 0 Å². The van der Waals surface area contributed by atoms with Gasteiger partial charge in [-0.25, -0.2) is 0 Å². The van der Waals surface area contributed by atoms with E-state index in [0.717, 1.165) is 18.7 Å². The number of aromatic hydroxyl groups is 1. The second-order valence-corrected chi connectivity index (χ2v) is 5.83. The predicted molar refractivity (Wildman–Crippen MR) is 90.3 cm³/mol. The Kier molecular flexibility index (Phi) is 5.12. The first-order chi connectivity index (χ1) is 10.0. The minimum atomic E-state index is 0.139. The molecule has 0 aliphatic rings. The second kappa shape index (κ2) is 6.85. The number of hydrogen-bond acceptors (Lipinski definition) is 3. The van der Waals surface area contributed by atoms with Crippen molar-refractivity contribution >= 4 is 21.6 Å². The molecule has 0 saturated carbocycles. The van der Waals surface area contributed by atoms with Crippen LogP contribution in [0.25, 0.3) is 0 Å². The van der Waals surface area contributed by atoms with Crippen LogP contribution < -0.4 is 9.64 Å². The maximum atomic E-state index is 9.88. The lowest BCUT2D eigenvalue weighted by molar-refractivity contribution is 0.371. The third-order valence-corrected chi connectivity index (χ3v) is 4.07. The SMILES string of the molecule is CCN(Cc1cc(Br)c(O)c(OC)c1)c1ccc(C)cc1. The Morgan fingerprint density at radius 2 is 1.86 bits per heavy atom. The van der Waals surface area contributed by atoms with Crippen molar-refractivity contribution in [2.24, 2.45) is 0 Å². The van der Waals surface area contributed by atoms with Gasteiger partial charge in [0.05, 0.1) is 11.6 Å². The van der Waals surface area contributed by atoms with Gasteiger partial charge in [-0.05, 0) is 59.6 Å². The molecule has 2 aromatic rings. The van der Waals surface area contributed by atoms with E-state index in [1.165, 1.54) is 11.3 Å². The van der Waals surface area contributed by atoms with Gasteiger partial charge in [-0.2, -0.15) is 0 Å². The largest absolute Gasteiger partial charge is 0.503 e. The molecule has 0 saturated heterocycles. The summed E-state index contributed by atoms with van der Waals surface area (Å²) in [6.07, 6.45) is 0. The number of hydrogen-bond donors (Lipinski definition) is 1. The van der Waals surface area contributed by atoms with Crippen LogP contribution in [-0.4, -0.2) is 18.8 Å². The lowest BCUT2D eigenvalue weighted by Crippen LogP contribution is -2.21. The maximum absolute atomic E-state index is 9.88. The first kappa shape index (κ1) is 15.7. The molecule has 0 bridgehead atoms. The molecule has 0 fully saturated rings. The molecule has 0 aliphatic heterocycles. The van der Waals surface area contributed by atoms with Gasteiger partial charge in [0, 0.05) is 18.8 Å². The Bertz CT molecular complexity index is 611. The molecular formula is C17H20BrNO2. The predicted octanol–water partition coefficient (Wildman–Crippen LogP) is 4.50. The lowest BCUT2D eigenvalue weighted by Gasteiger charge is -2.24. The highest BCUT2D eigenvalue weighted by Gasteiger charge is 2.11. The minimum absolute atomic E-state index is 0.139. The van der Waals surface area contributed by atoms with Crippen LogP contribution in [0.1, 0.15) is 18.1 Å². The smallest absolute Gasteiger partial charge is 0.172 e. The Labute approximate surface area is 134 Å². The number of nitrogens with zero attached hydrogens (tertiary/aromatic N) is 1. The van der Waals surface area contributed by atoms with Gasteiger partial charge in [0.15, 0.2) is 11.5 Å². The summed E-state index contributed by atoms with van der Waals surface area (Å²) in [7, 11) is 1.56. The van der Waals surface area contributed by atoms with Crippen LogP contribution in [0.3, 0.4) is 0 Å². The van der Waals surface area contributed by atoms with Gasteiger partial charge in [-0.15, -0.1) is 0 Å². The molecule has 21 heavy (non-hydrogen) atoms. The number of methoxy groups -OCH3 is 1. The summed E-state index contributed by atoms with van der Waals surface area (Å²) in [4.78, 5) is 2.28. The summed E-state index contributed by atoms with van der Waals surface area (Å²) in [5.41, 5.74) is 3.52. The van der Waals surface area contributed by atoms with Crippen molar-refractivity contribution in [1.82, 2.24) is 0 Å². The van der Waals surface area contributed by atoms with E-state index in [4.69, 9.17) is 4.74 Å². The van der Waals surface area contributed by atoms with Crippen molar-refractivity contribution in [3.05, 3.63) is 52.0 Å². The fourth-order valence-electron chi connectivity index (χ4n) is 2.24. The van der Waals surface area contributed by atoms with Gasteiger partial charge in [-0.1, -0.05) is 17.7 Å². The van der Waals surface area contributed by atoms with Crippen LogP contribution in [0, 0.1) is 6.92 Å². The number of anilines is 1. The average molecular weight is 350 g/mol. The number of ether oxygens (including phenoxy) is 1. The topological polar surface area (TPSA) is 32.7 Å². The molecule has 1 N–H and O–H groups in total. The summed E-state index contributed by atoms with van der Waals surface area (Å²) in [6.45, 7) is 5.88. The molecule has 0 unspecified atom stereocenters. The van der Waals surface area contributed by atoms with E-state index >= 15 is 0 Å². The normalized spacial score (nSPS) is 10.5. The Morgan fingerprint density at radius 1 is 1.19 bits per heavy atom. The van der Waals surface area contributed by atoms with Gasteiger partial charge in [-0.3, -0.25) is 0 Å². The summed E-state index contributed by atoms with van der Waals surface area (Å²) in [6, 6.07) is 12.3. The zero-order valence-corrected chi connectivity index (χ0v) is 14.1. The van der Waals surface area contributed by atoms with Crippen molar-refractivity contribution in [3.8, 4) is 11.5 Å². The molecule has 0 atom stereocenters. The Morgan fingerprint density at radius 3 is 2.43 bits per heavy atom. The van der Waals surface area contributed by atoms with Crippen LogP contribution in [0.5, 0.6) is 11.5 Å². The molecule has 0 heterocycles. The van der Waals surface area contributed by atoms with E-state index < -0.39 is 0 Å². The van der Waals surface area contributed by atoms with E-state index in [9.17, 15) is 5.11 Å². The monoisotopic (exact) mass is 349 g/mol. The highest BCUT2D eigenvalue weighted by molar-refractivity contribution is 9.10. The molecule has 0 amide bonds. The van der Waals surface area contributed by atoms with Crippen LogP contribution in [0.4, 0.5) is 5.69 Å². The number of phenols is 1. The van der Waals surface area contributed by atoms with E-state index in [1.54, 1.807) is 7.11 Å². The number of phenolic OH excluding ortho intramolecular Hbond substituents is 1. The summed E-state index contributed by atoms with van der Waals surface area (Å²) in [5, 5.41) is 9.88. The number of halogens is 1. The molecule has 2 aromatic carbocycles. The summed E-state index contributed by atoms with van der Waals surface area (Å²) in [5.74, 6) is 0.624. The zero-order valence-electron chi connectivity index (χ0n) is 12.6. The number of benzene rings is 2. The quantitative estimate of drug-likeness (QED) is 0.862. The van der Waals surface area contributed by atoms with Crippen molar-refractivity contribution in [2.75, 3.05) is 18.6 Å². The van der Waals surface area contributed by atoms with Gasteiger partial charge in [0.2, 0.25) is 0 Å². The van der Waals surface area contributed by atoms with Crippen molar-refractivity contribution in [3.63, 3.8) is 0 Å². The van der Waals surface area contributed by atoms with Crippen LogP contribution in [0.15, 0.2) is 40.9 Å². The molecule has 2 rings (SSSR count).